The van der Waals surface area contributed by atoms with E-state index in [0.717, 1.165) is 4.90 Å². The maximum absolute atomic E-state index is 12.1. The second-order valence-corrected chi connectivity index (χ2v) is 4.24. The van der Waals surface area contributed by atoms with Crippen LogP contribution in [-0.2, 0) is 6.54 Å². The summed E-state index contributed by atoms with van der Waals surface area (Å²) in [4.78, 5) is 11.0. The Morgan fingerprint density at radius 2 is 2.06 bits per heavy atom. The van der Waals surface area contributed by atoms with Crippen LogP contribution in [0.2, 0.25) is 5.02 Å². The number of halogens is 4. The molecule has 0 N–H and O–H groups in total. The van der Waals surface area contributed by atoms with Crippen LogP contribution >= 0.6 is 11.6 Å². The second kappa shape index (κ2) is 5.53. The molecule has 0 fully saturated rings. The van der Waals surface area contributed by atoms with Crippen molar-refractivity contribution in [2.75, 3.05) is 13.6 Å². The lowest BCUT2D eigenvalue weighted by atomic mass is 10.2. The van der Waals surface area contributed by atoms with Crippen molar-refractivity contribution >= 4 is 17.3 Å². The third-order valence-corrected chi connectivity index (χ3v) is 2.43. The van der Waals surface area contributed by atoms with Crippen LogP contribution in [0.3, 0.4) is 0 Å². The second-order valence-electron chi connectivity index (χ2n) is 3.83. The summed E-state index contributed by atoms with van der Waals surface area (Å²) in [5.41, 5.74) is 0.0902. The van der Waals surface area contributed by atoms with E-state index in [0.29, 0.717) is 5.56 Å². The lowest BCUT2D eigenvalue weighted by Gasteiger charge is -2.18. The Morgan fingerprint density at radius 1 is 1.44 bits per heavy atom. The molecule has 0 atom stereocenters. The van der Waals surface area contributed by atoms with Crippen LogP contribution < -0.4 is 0 Å². The molecule has 18 heavy (non-hydrogen) atoms. The quantitative estimate of drug-likeness (QED) is 0.629. The highest BCUT2D eigenvalue weighted by molar-refractivity contribution is 6.32. The lowest BCUT2D eigenvalue weighted by Crippen LogP contribution is -2.30. The molecule has 1 aromatic carbocycles. The van der Waals surface area contributed by atoms with Crippen molar-refractivity contribution in [3.8, 4) is 0 Å². The number of hydrogen-bond acceptors (Lipinski definition) is 3. The molecule has 0 amide bonds. The van der Waals surface area contributed by atoms with Crippen LogP contribution in [0.25, 0.3) is 0 Å². The van der Waals surface area contributed by atoms with Crippen LogP contribution in [0.4, 0.5) is 18.9 Å². The van der Waals surface area contributed by atoms with E-state index < -0.39 is 17.6 Å². The summed E-state index contributed by atoms with van der Waals surface area (Å²) < 4.78 is 36.3. The van der Waals surface area contributed by atoms with Gasteiger partial charge in [0.05, 0.1) is 11.5 Å². The third kappa shape index (κ3) is 4.50. The molecule has 0 radical (unpaired) electrons. The van der Waals surface area contributed by atoms with Gasteiger partial charge in [0.25, 0.3) is 5.69 Å². The summed E-state index contributed by atoms with van der Waals surface area (Å²) in [6, 6.07) is 3.94. The van der Waals surface area contributed by atoms with E-state index in [2.05, 4.69) is 0 Å². The standard InChI is InChI=1S/C10H10ClF3N2O2/c1-15(6-10(12,13)14)5-7-2-3-8(11)9(4-7)16(17)18/h2-4H,5-6H2,1H3. The zero-order valence-electron chi connectivity index (χ0n) is 9.37. The van der Waals surface area contributed by atoms with Gasteiger partial charge in [0.1, 0.15) is 5.02 Å². The number of alkyl halides is 3. The van der Waals surface area contributed by atoms with Gasteiger partial charge in [-0.25, -0.2) is 0 Å². The van der Waals surface area contributed by atoms with Gasteiger partial charge in [-0.1, -0.05) is 17.7 Å². The van der Waals surface area contributed by atoms with Crippen molar-refractivity contribution in [3.05, 3.63) is 38.9 Å². The Kier molecular flexibility index (Phi) is 4.53. The minimum atomic E-state index is -4.30. The average Bonchev–Trinajstić information content (AvgIpc) is 2.17. The molecular formula is C10H10ClF3N2O2. The molecule has 0 spiro atoms. The minimum Gasteiger partial charge on any atom is -0.294 e. The van der Waals surface area contributed by atoms with Crippen molar-refractivity contribution in [1.29, 1.82) is 0 Å². The van der Waals surface area contributed by atoms with E-state index in [9.17, 15) is 23.3 Å². The van der Waals surface area contributed by atoms with Gasteiger partial charge >= 0.3 is 6.18 Å². The Bertz CT molecular complexity index is 451. The number of nitro benzene ring substituents is 1. The summed E-state index contributed by atoms with van der Waals surface area (Å²) in [7, 11) is 1.29. The number of benzene rings is 1. The zero-order valence-corrected chi connectivity index (χ0v) is 10.1. The molecule has 0 aliphatic rings. The number of hydrogen-bond donors (Lipinski definition) is 0. The molecular weight excluding hydrogens is 273 g/mol. The van der Waals surface area contributed by atoms with E-state index in [-0.39, 0.29) is 17.3 Å². The van der Waals surface area contributed by atoms with Crippen molar-refractivity contribution < 1.29 is 18.1 Å². The van der Waals surface area contributed by atoms with Gasteiger partial charge in [-0.05, 0) is 18.7 Å². The number of nitro groups is 1. The highest BCUT2D eigenvalue weighted by Crippen LogP contribution is 2.26. The Morgan fingerprint density at radius 3 is 2.56 bits per heavy atom. The highest BCUT2D eigenvalue weighted by atomic mass is 35.5. The first-order valence-corrected chi connectivity index (χ1v) is 5.25. The predicted octanol–water partition coefficient (Wildman–Crippen LogP) is 3.24. The summed E-state index contributed by atoms with van der Waals surface area (Å²) in [5, 5.41) is 10.6. The molecule has 0 aliphatic carbocycles. The smallest absolute Gasteiger partial charge is 0.294 e. The summed E-state index contributed by atoms with van der Waals surface area (Å²) in [6.07, 6.45) is -4.30. The fourth-order valence-corrected chi connectivity index (χ4v) is 1.66. The molecule has 0 bridgehead atoms. The van der Waals surface area contributed by atoms with Gasteiger partial charge < -0.3 is 0 Å². The van der Waals surface area contributed by atoms with Gasteiger partial charge in [0.2, 0.25) is 0 Å². The highest BCUT2D eigenvalue weighted by Gasteiger charge is 2.29. The maximum Gasteiger partial charge on any atom is 0.401 e. The van der Waals surface area contributed by atoms with Crippen molar-refractivity contribution in [3.63, 3.8) is 0 Å². The molecule has 8 heteroatoms. The van der Waals surface area contributed by atoms with E-state index in [1.165, 1.54) is 25.2 Å². The first kappa shape index (κ1) is 14.7. The van der Waals surface area contributed by atoms with Crippen LogP contribution in [0.5, 0.6) is 0 Å². The van der Waals surface area contributed by atoms with Crippen LogP contribution in [0.15, 0.2) is 18.2 Å². The predicted molar refractivity (Wildman–Crippen MR) is 60.5 cm³/mol. The van der Waals surface area contributed by atoms with Gasteiger partial charge in [-0.15, -0.1) is 0 Å². The van der Waals surface area contributed by atoms with Crippen LogP contribution in [-0.4, -0.2) is 29.6 Å². The number of nitrogens with zero attached hydrogens (tertiary/aromatic N) is 2. The largest absolute Gasteiger partial charge is 0.401 e. The normalized spacial score (nSPS) is 11.9. The fourth-order valence-electron chi connectivity index (χ4n) is 1.47. The van der Waals surface area contributed by atoms with Crippen LogP contribution in [0.1, 0.15) is 5.56 Å². The van der Waals surface area contributed by atoms with E-state index in [1.54, 1.807) is 0 Å². The average molecular weight is 283 g/mol. The van der Waals surface area contributed by atoms with Crippen molar-refractivity contribution in [2.45, 2.75) is 12.7 Å². The van der Waals surface area contributed by atoms with Gasteiger partial charge in [-0.3, -0.25) is 15.0 Å². The van der Waals surface area contributed by atoms with E-state index in [1.807, 2.05) is 0 Å². The Hall–Kier alpha value is -1.34. The minimum absolute atomic E-state index is 0.0396. The van der Waals surface area contributed by atoms with Crippen LogP contribution in [0, 0.1) is 10.1 Å². The molecule has 1 rings (SSSR count). The van der Waals surface area contributed by atoms with E-state index >= 15 is 0 Å². The molecule has 4 nitrogen and oxygen atoms in total. The Labute approximate surface area is 106 Å². The van der Waals surface area contributed by atoms with Crippen molar-refractivity contribution in [1.82, 2.24) is 4.90 Å². The number of rotatable bonds is 4. The summed E-state index contributed by atoms with van der Waals surface area (Å²) in [5.74, 6) is 0. The fraction of sp³-hybridized carbons (Fsp3) is 0.400. The molecule has 1 aromatic rings. The molecule has 0 aromatic heterocycles. The monoisotopic (exact) mass is 282 g/mol. The topological polar surface area (TPSA) is 46.4 Å². The SMILES string of the molecule is CN(Cc1ccc(Cl)c([N+](=O)[O-])c1)CC(F)(F)F. The van der Waals surface area contributed by atoms with Crippen molar-refractivity contribution in [2.24, 2.45) is 0 Å². The molecule has 0 heterocycles. The van der Waals surface area contributed by atoms with Gasteiger partial charge in [-0.2, -0.15) is 13.2 Å². The first-order chi connectivity index (χ1) is 8.19. The molecule has 0 unspecified atom stereocenters. The first-order valence-electron chi connectivity index (χ1n) is 4.87. The zero-order chi connectivity index (χ0) is 13.9. The third-order valence-electron chi connectivity index (χ3n) is 2.11. The maximum atomic E-state index is 12.1. The van der Waals surface area contributed by atoms with E-state index in [4.69, 9.17) is 11.6 Å². The molecule has 100 valence electrons. The molecule has 0 aliphatic heterocycles. The molecule has 0 saturated heterocycles. The lowest BCUT2D eigenvalue weighted by molar-refractivity contribution is -0.384. The summed E-state index contributed by atoms with van der Waals surface area (Å²) in [6.45, 7) is -1.12. The Balaban J connectivity index is 2.80. The van der Waals surface area contributed by atoms with Gasteiger partial charge in [0, 0.05) is 12.6 Å². The molecule has 0 saturated carbocycles. The summed E-state index contributed by atoms with van der Waals surface area (Å²) >= 11 is 5.60. The van der Waals surface area contributed by atoms with Gasteiger partial charge in [0.15, 0.2) is 0 Å².